The Kier molecular flexibility index (Phi) is 9.26. The van der Waals surface area contributed by atoms with Crippen molar-refractivity contribution in [2.24, 2.45) is 5.92 Å². The van der Waals surface area contributed by atoms with Gasteiger partial charge in [0.1, 0.15) is 6.04 Å². The first kappa shape index (κ1) is 24.0. The van der Waals surface area contributed by atoms with E-state index in [1.54, 1.807) is 12.1 Å². The van der Waals surface area contributed by atoms with Crippen LogP contribution >= 0.6 is 0 Å². The number of nitrogens with one attached hydrogen (secondary N) is 2. The Morgan fingerprint density at radius 1 is 0.906 bits per heavy atom. The van der Waals surface area contributed by atoms with Crippen LogP contribution in [-0.4, -0.2) is 66.9 Å². The van der Waals surface area contributed by atoms with Gasteiger partial charge >= 0.3 is 0 Å². The molecule has 6 heteroatoms. The van der Waals surface area contributed by atoms with Gasteiger partial charge in [0.2, 0.25) is 5.91 Å². The predicted molar refractivity (Wildman–Crippen MR) is 128 cm³/mol. The average molecular weight is 437 g/mol. The first-order valence-corrected chi connectivity index (χ1v) is 11.7. The van der Waals surface area contributed by atoms with E-state index in [2.05, 4.69) is 50.8 Å². The quantitative estimate of drug-likeness (QED) is 0.601. The normalized spacial score (nSPS) is 16.8. The van der Waals surface area contributed by atoms with Crippen LogP contribution in [0, 0.1) is 5.92 Å². The van der Waals surface area contributed by atoms with Crippen molar-refractivity contribution in [2.75, 3.05) is 39.3 Å². The van der Waals surface area contributed by atoms with Gasteiger partial charge in [-0.05, 0) is 23.6 Å². The molecular weight excluding hydrogens is 400 g/mol. The Hall–Kier alpha value is -2.70. The fourth-order valence-corrected chi connectivity index (χ4v) is 3.98. The van der Waals surface area contributed by atoms with Gasteiger partial charge in [-0.3, -0.25) is 19.4 Å². The molecule has 0 radical (unpaired) electrons. The van der Waals surface area contributed by atoms with Crippen molar-refractivity contribution >= 4 is 11.8 Å². The summed E-state index contributed by atoms with van der Waals surface area (Å²) in [4.78, 5) is 30.3. The molecule has 2 unspecified atom stereocenters. The topological polar surface area (TPSA) is 64.7 Å². The van der Waals surface area contributed by atoms with E-state index in [9.17, 15) is 9.59 Å². The molecule has 2 aromatic rings. The highest BCUT2D eigenvalue weighted by molar-refractivity contribution is 5.97. The molecule has 1 saturated heterocycles. The molecule has 32 heavy (non-hydrogen) atoms. The summed E-state index contributed by atoms with van der Waals surface area (Å²) in [5, 5.41) is 5.97. The summed E-state index contributed by atoms with van der Waals surface area (Å²) in [7, 11) is 0. The molecule has 2 N–H and O–H groups in total. The van der Waals surface area contributed by atoms with Crippen LogP contribution in [0.4, 0.5) is 0 Å². The van der Waals surface area contributed by atoms with Gasteiger partial charge in [-0.2, -0.15) is 0 Å². The lowest BCUT2D eigenvalue weighted by Gasteiger charge is -2.34. The Bertz CT molecular complexity index is 835. The number of hydrogen-bond acceptors (Lipinski definition) is 4. The van der Waals surface area contributed by atoms with Gasteiger partial charge in [0.05, 0.1) is 0 Å². The van der Waals surface area contributed by atoms with Crippen molar-refractivity contribution in [1.82, 2.24) is 20.4 Å². The molecule has 2 amide bonds. The van der Waals surface area contributed by atoms with E-state index in [1.807, 2.05) is 32.0 Å². The molecule has 0 bridgehead atoms. The highest BCUT2D eigenvalue weighted by Gasteiger charge is 2.26. The van der Waals surface area contributed by atoms with Crippen LogP contribution in [0.15, 0.2) is 60.7 Å². The van der Waals surface area contributed by atoms with E-state index < -0.39 is 6.04 Å². The third-order valence-electron chi connectivity index (χ3n) is 6.26. The summed E-state index contributed by atoms with van der Waals surface area (Å²) in [5.74, 6) is -0.254. The van der Waals surface area contributed by atoms with Crippen molar-refractivity contribution in [2.45, 2.75) is 32.9 Å². The van der Waals surface area contributed by atoms with E-state index >= 15 is 0 Å². The fraction of sp³-hybridized carbons (Fsp3) is 0.462. The van der Waals surface area contributed by atoms with E-state index in [1.165, 1.54) is 5.56 Å². The molecule has 2 atom stereocenters. The maximum atomic E-state index is 12.9. The summed E-state index contributed by atoms with van der Waals surface area (Å²) in [6, 6.07) is 19.1. The Balaban J connectivity index is 1.41. The second-order valence-electron chi connectivity index (χ2n) is 8.60. The van der Waals surface area contributed by atoms with Gasteiger partial charge in [-0.1, -0.05) is 68.8 Å². The minimum Gasteiger partial charge on any atom is -0.353 e. The zero-order valence-corrected chi connectivity index (χ0v) is 19.3. The van der Waals surface area contributed by atoms with Crippen LogP contribution in [0.25, 0.3) is 0 Å². The molecule has 1 fully saturated rings. The number of carbonyl (C=O) groups is 2. The van der Waals surface area contributed by atoms with Gasteiger partial charge < -0.3 is 10.6 Å². The van der Waals surface area contributed by atoms with E-state index in [4.69, 9.17) is 0 Å². The van der Waals surface area contributed by atoms with Gasteiger partial charge in [-0.25, -0.2) is 0 Å². The molecule has 0 aromatic heterocycles. The fourth-order valence-electron chi connectivity index (χ4n) is 3.98. The van der Waals surface area contributed by atoms with Crippen molar-refractivity contribution in [3.63, 3.8) is 0 Å². The van der Waals surface area contributed by atoms with Crippen LogP contribution in [0.3, 0.4) is 0 Å². The second kappa shape index (κ2) is 12.4. The van der Waals surface area contributed by atoms with Crippen molar-refractivity contribution < 1.29 is 9.59 Å². The van der Waals surface area contributed by atoms with Gasteiger partial charge in [0, 0.05) is 51.4 Å². The number of nitrogens with zero attached hydrogens (tertiary/aromatic N) is 2. The smallest absolute Gasteiger partial charge is 0.251 e. The standard InChI is InChI=1S/C26H36N4O2/c1-3-21(2)24(28-25(31)23-12-8-5-9-13-23)26(32)27-14-15-29-16-18-30(19-17-29)20-22-10-6-4-7-11-22/h4-13,21,24H,3,14-20H2,1-2H3,(H,27,32)(H,28,31). The second-order valence-corrected chi connectivity index (χ2v) is 8.60. The summed E-state index contributed by atoms with van der Waals surface area (Å²) in [6.07, 6.45) is 0.816. The monoisotopic (exact) mass is 436 g/mol. The molecule has 0 aliphatic carbocycles. The van der Waals surface area contributed by atoms with E-state index in [-0.39, 0.29) is 17.7 Å². The number of rotatable bonds is 10. The lowest BCUT2D eigenvalue weighted by molar-refractivity contribution is -0.124. The van der Waals surface area contributed by atoms with Gasteiger partial charge in [0.15, 0.2) is 0 Å². The zero-order valence-electron chi connectivity index (χ0n) is 19.3. The number of hydrogen-bond donors (Lipinski definition) is 2. The highest BCUT2D eigenvalue weighted by atomic mass is 16.2. The van der Waals surface area contributed by atoms with E-state index in [0.29, 0.717) is 12.1 Å². The van der Waals surface area contributed by atoms with Crippen LogP contribution in [0.1, 0.15) is 36.2 Å². The molecule has 3 rings (SSSR count). The van der Waals surface area contributed by atoms with Crippen LogP contribution in [0.5, 0.6) is 0 Å². The summed E-state index contributed by atoms with van der Waals surface area (Å²) in [6.45, 7) is 10.5. The molecule has 1 aliphatic rings. The maximum absolute atomic E-state index is 12.9. The Labute approximate surface area is 192 Å². The van der Waals surface area contributed by atoms with Crippen molar-refractivity contribution in [3.05, 3.63) is 71.8 Å². The average Bonchev–Trinajstić information content (AvgIpc) is 2.84. The summed E-state index contributed by atoms with van der Waals surface area (Å²) >= 11 is 0. The third kappa shape index (κ3) is 7.18. The lowest BCUT2D eigenvalue weighted by Crippen LogP contribution is -2.52. The number of carbonyl (C=O) groups excluding carboxylic acids is 2. The van der Waals surface area contributed by atoms with E-state index in [0.717, 1.165) is 45.7 Å². The SMILES string of the molecule is CCC(C)C(NC(=O)c1ccccc1)C(=O)NCCN1CCN(Cc2ccccc2)CC1. The zero-order chi connectivity index (χ0) is 22.8. The maximum Gasteiger partial charge on any atom is 0.251 e. The Morgan fingerprint density at radius 2 is 1.50 bits per heavy atom. The molecule has 0 spiro atoms. The van der Waals surface area contributed by atoms with Gasteiger partial charge in [0.25, 0.3) is 5.91 Å². The minimum absolute atomic E-state index is 0.0594. The first-order chi connectivity index (χ1) is 15.6. The molecule has 172 valence electrons. The lowest BCUT2D eigenvalue weighted by atomic mass is 9.98. The molecule has 6 nitrogen and oxygen atoms in total. The van der Waals surface area contributed by atoms with Crippen LogP contribution in [0.2, 0.25) is 0 Å². The minimum atomic E-state index is -0.532. The molecule has 1 aliphatic heterocycles. The Morgan fingerprint density at radius 3 is 2.12 bits per heavy atom. The molecule has 2 aromatic carbocycles. The van der Waals surface area contributed by atoms with Crippen molar-refractivity contribution in [1.29, 1.82) is 0 Å². The number of benzene rings is 2. The molecule has 1 heterocycles. The highest BCUT2D eigenvalue weighted by Crippen LogP contribution is 2.10. The largest absolute Gasteiger partial charge is 0.353 e. The van der Waals surface area contributed by atoms with Crippen LogP contribution in [-0.2, 0) is 11.3 Å². The summed E-state index contributed by atoms with van der Waals surface area (Å²) in [5.41, 5.74) is 1.92. The van der Waals surface area contributed by atoms with Crippen LogP contribution < -0.4 is 10.6 Å². The van der Waals surface area contributed by atoms with Crippen molar-refractivity contribution in [3.8, 4) is 0 Å². The third-order valence-corrected chi connectivity index (χ3v) is 6.26. The molecular formula is C26H36N4O2. The first-order valence-electron chi connectivity index (χ1n) is 11.7. The summed E-state index contributed by atoms with van der Waals surface area (Å²) < 4.78 is 0. The molecule has 0 saturated carbocycles. The number of piperazine rings is 1. The van der Waals surface area contributed by atoms with Gasteiger partial charge in [-0.15, -0.1) is 0 Å². The predicted octanol–water partition coefficient (Wildman–Crippen LogP) is 2.77. The number of amides is 2.